The number of nitrogens with one attached hydrogen (secondary N) is 1. The molecule has 108 valence electrons. The molecular weight excluding hydrogens is 290 g/mol. The average Bonchev–Trinajstić information content (AvgIpc) is 3.15. The van der Waals surface area contributed by atoms with E-state index < -0.39 is 0 Å². The first-order valence-corrected chi connectivity index (χ1v) is 8.77. The van der Waals surface area contributed by atoms with Gasteiger partial charge in [0.15, 0.2) is 0 Å². The third-order valence-electron chi connectivity index (χ3n) is 3.58. The number of aryl methyl sites for hydroxylation is 1. The van der Waals surface area contributed by atoms with Crippen molar-refractivity contribution in [1.29, 1.82) is 0 Å². The summed E-state index contributed by atoms with van der Waals surface area (Å²) in [5, 5.41) is 3.62. The highest BCUT2D eigenvalue weighted by molar-refractivity contribution is 8.00. The van der Waals surface area contributed by atoms with E-state index in [4.69, 9.17) is 4.74 Å². The first-order chi connectivity index (χ1) is 9.78. The number of ether oxygens (including phenoxy) is 1. The van der Waals surface area contributed by atoms with Crippen LogP contribution in [0.25, 0.3) is 0 Å². The molecule has 1 aliphatic heterocycles. The summed E-state index contributed by atoms with van der Waals surface area (Å²) in [7, 11) is 2.02. The van der Waals surface area contributed by atoms with Crippen molar-refractivity contribution in [2.24, 2.45) is 7.05 Å². The van der Waals surface area contributed by atoms with E-state index >= 15 is 0 Å². The molecule has 3 heterocycles. The van der Waals surface area contributed by atoms with Crippen LogP contribution in [0.3, 0.4) is 0 Å². The number of rotatable bonds is 5. The van der Waals surface area contributed by atoms with Gasteiger partial charge in [-0.3, -0.25) is 0 Å². The lowest BCUT2D eigenvalue weighted by Gasteiger charge is -2.19. The molecule has 0 unspecified atom stereocenters. The molecule has 1 saturated heterocycles. The summed E-state index contributed by atoms with van der Waals surface area (Å²) < 4.78 is 9.27. The number of thioether (sulfide) groups is 1. The van der Waals surface area contributed by atoms with E-state index in [1.165, 1.54) is 9.09 Å². The molecule has 0 spiro atoms. The summed E-state index contributed by atoms with van der Waals surface area (Å²) in [6, 6.07) is 4.74. The van der Waals surface area contributed by atoms with Gasteiger partial charge in [0.1, 0.15) is 11.9 Å². The molecule has 20 heavy (non-hydrogen) atoms. The van der Waals surface area contributed by atoms with Crippen molar-refractivity contribution in [2.45, 2.75) is 29.3 Å². The molecule has 1 fully saturated rings. The fraction of sp³-hybridized carbons (Fsp3) is 0.500. The maximum Gasteiger partial charge on any atom is 0.139 e. The van der Waals surface area contributed by atoms with Crippen LogP contribution in [0.2, 0.25) is 0 Å². The summed E-state index contributed by atoms with van der Waals surface area (Å²) in [4.78, 5) is 5.79. The van der Waals surface area contributed by atoms with Crippen LogP contribution in [0.15, 0.2) is 28.7 Å². The van der Waals surface area contributed by atoms with Gasteiger partial charge in [-0.25, -0.2) is 4.98 Å². The molecule has 2 atom stereocenters. The van der Waals surface area contributed by atoms with Crippen molar-refractivity contribution in [1.82, 2.24) is 14.9 Å². The zero-order valence-corrected chi connectivity index (χ0v) is 13.3. The van der Waals surface area contributed by atoms with Crippen molar-refractivity contribution < 1.29 is 4.74 Å². The van der Waals surface area contributed by atoms with Crippen LogP contribution in [0, 0.1) is 0 Å². The number of hydrogen-bond acceptors (Lipinski definition) is 5. The highest BCUT2D eigenvalue weighted by Crippen LogP contribution is 2.29. The molecule has 0 saturated carbocycles. The van der Waals surface area contributed by atoms with E-state index in [0.717, 1.165) is 25.4 Å². The molecule has 0 bridgehead atoms. The van der Waals surface area contributed by atoms with Crippen molar-refractivity contribution >= 4 is 23.1 Å². The Hall–Kier alpha value is -0.820. The summed E-state index contributed by atoms with van der Waals surface area (Å²) in [6.07, 6.45) is 7.02. The van der Waals surface area contributed by atoms with E-state index in [9.17, 15) is 0 Å². The lowest BCUT2D eigenvalue weighted by molar-refractivity contribution is 0.0893. The number of aromatic nitrogens is 2. The van der Waals surface area contributed by atoms with Crippen LogP contribution in [0.5, 0.6) is 0 Å². The average molecular weight is 309 g/mol. The molecule has 0 amide bonds. The van der Waals surface area contributed by atoms with Crippen LogP contribution in [-0.2, 0) is 18.3 Å². The molecule has 4 nitrogen and oxygen atoms in total. The maximum absolute atomic E-state index is 5.86. The predicted octanol–water partition coefficient (Wildman–Crippen LogP) is 2.82. The molecule has 1 aliphatic rings. The standard InChI is InChI=1S/C14H19N3OS2/c1-17-7-6-15-14(17)13-11(5-8-18-13)16-9-10-3-4-12(19-2)20-10/h3-4,6-7,11,13,16H,5,8-9H2,1-2H3/t11-,13-/m0/s1. The van der Waals surface area contributed by atoms with E-state index in [2.05, 4.69) is 28.7 Å². The van der Waals surface area contributed by atoms with Crippen LogP contribution in [0.1, 0.15) is 23.2 Å². The van der Waals surface area contributed by atoms with Gasteiger partial charge in [-0.1, -0.05) is 0 Å². The van der Waals surface area contributed by atoms with Crippen LogP contribution in [0.4, 0.5) is 0 Å². The number of imidazole rings is 1. The molecule has 1 N–H and O–H groups in total. The van der Waals surface area contributed by atoms with Crippen LogP contribution < -0.4 is 5.32 Å². The highest BCUT2D eigenvalue weighted by Gasteiger charge is 2.31. The molecular formula is C14H19N3OS2. The molecule has 0 radical (unpaired) electrons. The van der Waals surface area contributed by atoms with E-state index in [0.29, 0.717) is 6.04 Å². The third kappa shape index (κ3) is 2.93. The van der Waals surface area contributed by atoms with Gasteiger partial charge in [0.25, 0.3) is 0 Å². The molecule has 6 heteroatoms. The van der Waals surface area contributed by atoms with Gasteiger partial charge < -0.3 is 14.6 Å². The Bertz CT molecular complexity index is 566. The Labute approximate surface area is 127 Å². The predicted molar refractivity (Wildman–Crippen MR) is 83.2 cm³/mol. The normalized spacial score (nSPS) is 22.5. The fourth-order valence-corrected chi connectivity index (χ4v) is 4.04. The Morgan fingerprint density at radius 2 is 2.45 bits per heavy atom. The number of thiophene rings is 1. The van der Waals surface area contributed by atoms with E-state index in [1.807, 2.05) is 35.3 Å². The van der Waals surface area contributed by atoms with Crippen molar-refractivity contribution in [3.05, 3.63) is 35.2 Å². The smallest absolute Gasteiger partial charge is 0.139 e. The van der Waals surface area contributed by atoms with Crippen molar-refractivity contribution in [2.75, 3.05) is 12.9 Å². The molecule has 3 rings (SSSR count). The minimum absolute atomic E-state index is 0.0648. The van der Waals surface area contributed by atoms with Gasteiger partial charge in [-0.05, 0) is 24.8 Å². The van der Waals surface area contributed by atoms with Gasteiger partial charge in [-0.2, -0.15) is 0 Å². The largest absolute Gasteiger partial charge is 0.369 e. The summed E-state index contributed by atoms with van der Waals surface area (Å²) in [5.41, 5.74) is 0. The zero-order valence-electron chi connectivity index (χ0n) is 11.7. The monoisotopic (exact) mass is 309 g/mol. The Morgan fingerprint density at radius 3 is 3.15 bits per heavy atom. The van der Waals surface area contributed by atoms with Crippen molar-refractivity contribution in [3.63, 3.8) is 0 Å². The molecule has 2 aromatic heterocycles. The van der Waals surface area contributed by atoms with Gasteiger partial charge in [0.2, 0.25) is 0 Å². The van der Waals surface area contributed by atoms with Gasteiger partial charge in [0.05, 0.1) is 4.21 Å². The Balaban J connectivity index is 1.63. The van der Waals surface area contributed by atoms with E-state index in [1.54, 1.807) is 11.8 Å². The quantitative estimate of drug-likeness (QED) is 0.862. The first-order valence-electron chi connectivity index (χ1n) is 6.73. The van der Waals surface area contributed by atoms with Gasteiger partial charge >= 0.3 is 0 Å². The van der Waals surface area contributed by atoms with Gasteiger partial charge in [0, 0.05) is 43.5 Å². The second-order valence-electron chi connectivity index (χ2n) is 4.89. The van der Waals surface area contributed by atoms with Gasteiger partial charge in [-0.15, -0.1) is 23.1 Å². The Morgan fingerprint density at radius 1 is 1.55 bits per heavy atom. The molecule has 2 aromatic rings. The van der Waals surface area contributed by atoms with Crippen LogP contribution in [-0.4, -0.2) is 28.5 Å². The minimum atomic E-state index is 0.0648. The summed E-state index contributed by atoms with van der Waals surface area (Å²) in [6.45, 7) is 1.70. The second kappa shape index (κ2) is 6.30. The number of hydrogen-bond donors (Lipinski definition) is 1. The number of nitrogens with zero attached hydrogens (tertiary/aromatic N) is 2. The molecule has 0 aliphatic carbocycles. The summed E-state index contributed by atoms with van der Waals surface area (Å²) >= 11 is 3.66. The van der Waals surface area contributed by atoms with Crippen molar-refractivity contribution in [3.8, 4) is 0 Å². The topological polar surface area (TPSA) is 39.1 Å². The molecule has 0 aromatic carbocycles. The lowest BCUT2D eigenvalue weighted by Crippen LogP contribution is -2.32. The third-order valence-corrected chi connectivity index (χ3v) is 5.75. The van der Waals surface area contributed by atoms with E-state index in [-0.39, 0.29) is 6.10 Å². The SMILES string of the molecule is CSc1ccc(CN[C@H]2CCO[C@@H]2c2nccn2C)s1. The summed E-state index contributed by atoms with van der Waals surface area (Å²) in [5.74, 6) is 1.01. The highest BCUT2D eigenvalue weighted by atomic mass is 32.2. The lowest BCUT2D eigenvalue weighted by atomic mass is 10.1. The minimum Gasteiger partial charge on any atom is -0.369 e. The maximum atomic E-state index is 5.86. The second-order valence-corrected chi connectivity index (χ2v) is 7.16. The van der Waals surface area contributed by atoms with Crippen LogP contribution >= 0.6 is 23.1 Å². The fourth-order valence-electron chi connectivity index (χ4n) is 2.50. The zero-order chi connectivity index (χ0) is 13.9. The Kier molecular flexibility index (Phi) is 4.45. The first kappa shape index (κ1) is 14.1.